The summed E-state index contributed by atoms with van der Waals surface area (Å²) in [5.74, 6) is 1.88. The molecule has 0 saturated carbocycles. The highest BCUT2D eigenvalue weighted by molar-refractivity contribution is 5.94. The van der Waals surface area contributed by atoms with Gasteiger partial charge < -0.3 is 4.90 Å². The van der Waals surface area contributed by atoms with Crippen LogP contribution in [0.4, 0.5) is 5.69 Å². The molecule has 2 bridgehead atoms. The van der Waals surface area contributed by atoms with E-state index in [0.29, 0.717) is 12.0 Å². The third-order valence-electron chi connectivity index (χ3n) is 4.44. The monoisotopic (exact) mass is 224 g/mol. The van der Waals surface area contributed by atoms with E-state index in [1.165, 1.54) is 34.6 Å². The maximum Gasteiger partial charge on any atom is 0.113 e. The van der Waals surface area contributed by atoms with E-state index in [0.717, 1.165) is 6.54 Å². The predicted octanol–water partition coefficient (Wildman–Crippen LogP) is 3.11. The van der Waals surface area contributed by atoms with Gasteiger partial charge in [0.2, 0.25) is 0 Å². The van der Waals surface area contributed by atoms with Crippen LogP contribution < -0.4 is 0 Å². The van der Waals surface area contributed by atoms with Crippen LogP contribution in [0.5, 0.6) is 0 Å². The van der Waals surface area contributed by atoms with Crippen LogP contribution in [0.2, 0.25) is 0 Å². The molecule has 1 fully saturated rings. The first-order chi connectivity index (χ1) is 8.24. The van der Waals surface area contributed by atoms with Crippen LogP contribution in [-0.2, 0) is 6.54 Å². The van der Waals surface area contributed by atoms with Gasteiger partial charge in [0.1, 0.15) is 5.84 Å². The molecule has 1 saturated heterocycles. The molecular weight excluding hydrogens is 208 g/mol. The van der Waals surface area contributed by atoms with Gasteiger partial charge in [-0.3, -0.25) is 0 Å². The highest BCUT2D eigenvalue weighted by atomic mass is 15.3. The molecule has 2 aliphatic heterocycles. The van der Waals surface area contributed by atoms with Gasteiger partial charge in [0.05, 0.1) is 5.69 Å². The molecule has 17 heavy (non-hydrogen) atoms. The van der Waals surface area contributed by atoms with Gasteiger partial charge in [0.25, 0.3) is 0 Å². The number of rotatable bonds is 0. The van der Waals surface area contributed by atoms with E-state index in [-0.39, 0.29) is 0 Å². The Bertz CT molecular complexity index is 569. The molecule has 1 aliphatic carbocycles. The fourth-order valence-electron chi connectivity index (χ4n) is 3.27. The molecule has 2 heteroatoms. The van der Waals surface area contributed by atoms with Crippen molar-refractivity contribution in [1.29, 1.82) is 0 Å². The van der Waals surface area contributed by atoms with Gasteiger partial charge in [-0.2, -0.15) is 0 Å². The zero-order chi connectivity index (χ0) is 11.6. The number of aliphatic imine (C=N–C) groups is 1. The van der Waals surface area contributed by atoms with E-state index in [1.54, 1.807) is 0 Å². The summed E-state index contributed by atoms with van der Waals surface area (Å²) >= 11 is 0. The SMILES string of the molecule is Cc1ccc2c(c1C)N=C1C3C=CC(C3)N1C2. The number of fused-ring (bicyclic) bond motifs is 6. The van der Waals surface area contributed by atoms with E-state index < -0.39 is 0 Å². The van der Waals surface area contributed by atoms with Gasteiger partial charge in [0, 0.05) is 18.5 Å². The minimum atomic E-state index is 0.577. The number of amidine groups is 1. The van der Waals surface area contributed by atoms with Crippen molar-refractivity contribution in [3.8, 4) is 0 Å². The zero-order valence-corrected chi connectivity index (χ0v) is 10.3. The number of hydrogen-bond donors (Lipinski definition) is 0. The molecule has 3 aliphatic rings. The highest BCUT2D eigenvalue weighted by Crippen LogP contribution is 2.41. The zero-order valence-electron chi connectivity index (χ0n) is 10.3. The summed E-state index contributed by atoms with van der Waals surface area (Å²) in [5.41, 5.74) is 5.32. The Kier molecular flexibility index (Phi) is 1.67. The standard InChI is InChI=1S/C15H16N2/c1-9-3-4-12-8-17-13-6-5-11(7-13)15(17)16-14(12)10(9)2/h3-6,11,13H,7-8H2,1-2H3. The summed E-state index contributed by atoms with van der Waals surface area (Å²) in [6.45, 7) is 5.40. The number of aryl methyl sites for hydroxylation is 1. The Labute approximate surface area is 102 Å². The minimum Gasteiger partial charge on any atom is -0.349 e. The summed E-state index contributed by atoms with van der Waals surface area (Å²) in [4.78, 5) is 7.42. The molecule has 86 valence electrons. The number of nitrogens with zero attached hydrogens (tertiary/aromatic N) is 2. The van der Waals surface area contributed by atoms with E-state index in [9.17, 15) is 0 Å². The van der Waals surface area contributed by atoms with Crippen LogP contribution in [0, 0.1) is 19.8 Å². The van der Waals surface area contributed by atoms with Crippen LogP contribution in [0.15, 0.2) is 29.3 Å². The molecule has 2 atom stereocenters. The normalized spacial score (nSPS) is 28.1. The second-order valence-corrected chi connectivity index (χ2v) is 5.41. The van der Waals surface area contributed by atoms with Crippen molar-refractivity contribution in [2.75, 3.05) is 0 Å². The second kappa shape index (κ2) is 3.00. The molecule has 0 N–H and O–H groups in total. The lowest BCUT2D eigenvalue weighted by atomic mass is 10.00. The summed E-state index contributed by atoms with van der Waals surface area (Å²) in [6, 6.07) is 5.07. The number of hydrogen-bond acceptors (Lipinski definition) is 2. The van der Waals surface area contributed by atoms with Crippen LogP contribution in [0.3, 0.4) is 0 Å². The first-order valence-corrected chi connectivity index (χ1v) is 6.36. The Morgan fingerprint density at radius 2 is 2.12 bits per heavy atom. The smallest absolute Gasteiger partial charge is 0.113 e. The Morgan fingerprint density at radius 3 is 3.00 bits per heavy atom. The van der Waals surface area contributed by atoms with E-state index in [4.69, 9.17) is 4.99 Å². The molecule has 4 rings (SSSR count). The average molecular weight is 224 g/mol. The largest absolute Gasteiger partial charge is 0.349 e. The predicted molar refractivity (Wildman–Crippen MR) is 69.6 cm³/mol. The maximum atomic E-state index is 4.94. The Morgan fingerprint density at radius 1 is 1.24 bits per heavy atom. The third-order valence-corrected chi connectivity index (χ3v) is 4.44. The van der Waals surface area contributed by atoms with Crippen molar-refractivity contribution >= 4 is 11.5 Å². The van der Waals surface area contributed by atoms with E-state index >= 15 is 0 Å². The fraction of sp³-hybridized carbons (Fsp3) is 0.400. The van der Waals surface area contributed by atoms with Crippen molar-refractivity contribution in [1.82, 2.24) is 4.90 Å². The highest BCUT2D eigenvalue weighted by Gasteiger charge is 2.41. The Hall–Kier alpha value is -1.57. The molecule has 0 amide bonds. The summed E-state index contributed by atoms with van der Waals surface area (Å²) < 4.78 is 0. The van der Waals surface area contributed by atoms with Crippen molar-refractivity contribution in [2.24, 2.45) is 10.9 Å². The molecule has 2 nitrogen and oxygen atoms in total. The van der Waals surface area contributed by atoms with Gasteiger partial charge in [0.15, 0.2) is 0 Å². The summed E-state index contributed by atoms with van der Waals surface area (Å²) in [5, 5.41) is 0. The molecular formula is C15H16N2. The summed E-state index contributed by atoms with van der Waals surface area (Å²) in [7, 11) is 0. The topological polar surface area (TPSA) is 15.6 Å². The van der Waals surface area contributed by atoms with E-state index in [2.05, 4.69) is 43.0 Å². The molecule has 1 aromatic rings. The maximum absolute atomic E-state index is 4.94. The quantitative estimate of drug-likeness (QED) is 0.618. The van der Waals surface area contributed by atoms with E-state index in [1.807, 2.05) is 0 Å². The van der Waals surface area contributed by atoms with Gasteiger partial charge in [-0.25, -0.2) is 4.99 Å². The van der Waals surface area contributed by atoms with Crippen molar-refractivity contribution < 1.29 is 0 Å². The second-order valence-electron chi connectivity index (χ2n) is 5.41. The van der Waals surface area contributed by atoms with Crippen molar-refractivity contribution in [3.05, 3.63) is 41.0 Å². The lowest BCUT2D eigenvalue weighted by Crippen LogP contribution is -2.36. The van der Waals surface area contributed by atoms with Crippen molar-refractivity contribution in [3.63, 3.8) is 0 Å². The minimum absolute atomic E-state index is 0.577. The Balaban J connectivity index is 1.91. The molecule has 0 spiro atoms. The average Bonchev–Trinajstić information content (AvgIpc) is 2.94. The first kappa shape index (κ1) is 9.46. The molecule has 2 unspecified atom stereocenters. The molecule has 2 heterocycles. The number of benzene rings is 1. The van der Waals surface area contributed by atoms with Crippen LogP contribution in [0.25, 0.3) is 0 Å². The van der Waals surface area contributed by atoms with Gasteiger partial charge >= 0.3 is 0 Å². The van der Waals surface area contributed by atoms with Crippen LogP contribution in [0.1, 0.15) is 23.1 Å². The molecule has 0 aromatic heterocycles. The fourth-order valence-corrected chi connectivity index (χ4v) is 3.27. The molecule has 0 radical (unpaired) electrons. The van der Waals surface area contributed by atoms with Gasteiger partial charge in [-0.05, 0) is 37.0 Å². The van der Waals surface area contributed by atoms with Gasteiger partial charge in [-0.1, -0.05) is 24.3 Å². The molecule has 1 aromatic carbocycles. The third kappa shape index (κ3) is 1.13. The lowest BCUT2D eigenvalue weighted by Gasteiger charge is -2.32. The summed E-state index contributed by atoms with van der Waals surface area (Å²) in [6.07, 6.45) is 5.91. The van der Waals surface area contributed by atoms with Gasteiger partial charge in [-0.15, -0.1) is 0 Å². The van der Waals surface area contributed by atoms with Crippen molar-refractivity contribution in [2.45, 2.75) is 32.9 Å². The lowest BCUT2D eigenvalue weighted by molar-refractivity contribution is 0.377. The van der Waals surface area contributed by atoms with Crippen LogP contribution in [-0.4, -0.2) is 16.8 Å². The van der Waals surface area contributed by atoms with Crippen LogP contribution >= 0.6 is 0 Å². The first-order valence-electron chi connectivity index (χ1n) is 6.36.